The Morgan fingerprint density at radius 1 is 1.29 bits per heavy atom. The average molecular weight is 368 g/mol. The van der Waals surface area contributed by atoms with Crippen molar-refractivity contribution in [1.82, 2.24) is 15.1 Å². The zero-order valence-corrected chi connectivity index (χ0v) is 15.3. The highest BCUT2D eigenvalue weighted by Crippen LogP contribution is 2.31. The molecular formula is C16H22BrN3S. The molecule has 1 unspecified atom stereocenters. The van der Waals surface area contributed by atoms with Crippen LogP contribution in [0.15, 0.2) is 39.8 Å². The molecule has 1 heterocycles. The lowest BCUT2D eigenvalue weighted by Gasteiger charge is -2.22. The number of thioether (sulfide) groups is 1. The fourth-order valence-electron chi connectivity index (χ4n) is 2.41. The number of aromatic nitrogens is 2. The molecule has 0 aliphatic rings. The van der Waals surface area contributed by atoms with E-state index in [1.165, 1.54) is 16.2 Å². The molecule has 0 spiro atoms. The van der Waals surface area contributed by atoms with Crippen molar-refractivity contribution in [3.05, 3.63) is 46.2 Å². The maximum atomic E-state index is 4.50. The minimum atomic E-state index is 0.144. The van der Waals surface area contributed by atoms with Crippen LogP contribution in [0.2, 0.25) is 0 Å². The molecule has 0 fully saturated rings. The van der Waals surface area contributed by atoms with Gasteiger partial charge in [-0.1, -0.05) is 19.1 Å². The van der Waals surface area contributed by atoms with E-state index in [9.17, 15) is 0 Å². The summed E-state index contributed by atoms with van der Waals surface area (Å²) in [6, 6.07) is 9.22. The summed E-state index contributed by atoms with van der Waals surface area (Å²) in [5, 5.41) is 8.08. The van der Waals surface area contributed by atoms with Crippen molar-refractivity contribution < 1.29 is 0 Å². The van der Waals surface area contributed by atoms with Crippen LogP contribution >= 0.6 is 27.7 Å². The molecule has 1 atom stereocenters. The van der Waals surface area contributed by atoms with E-state index in [0.29, 0.717) is 6.04 Å². The lowest BCUT2D eigenvalue weighted by atomic mass is 10.0. The SMILES string of the molecule is CCNC(c1ccc(SC)cc1)c1c(Br)cnn1C(C)C. The highest BCUT2D eigenvalue weighted by molar-refractivity contribution is 9.10. The fraction of sp³-hybridized carbons (Fsp3) is 0.438. The van der Waals surface area contributed by atoms with Crippen LogP contribution in [-0.4, -0.2) is 22.6 Å². The molecule has 114 valence electrons. The molecule has 3 nitrogen and oxygen atoms in total. The first-order valence-electron chi connectivity index (χ1n) is 7.18. The zero-order chi connectivity index (χ0) is 15.4. The van der Waals surface area contributed by atoms with Gasteiger partial charge in [-0.05, 0) is 60.3 Å². The smallest absolute Gasteiger partial charge is 0.0759 e. The Morgan fingerprint density at radius 2 is 1.95 bits per heavy atom. The van der Waals surface area contributed by atoms with Crippen LogP contribution < -0.4 is 5.32 Å². The van der Waals surface area contributed by atoms with Gasteiger partial charge in [0.2, 0.25) is 0 Å². The Labute approximate surface area is 139 Å². The summed E-state index contributed by atoms with van der Waals surface area (Å²) < 4.78 is 3.14. The molecule has 21 heavy (non-hydrogen) atoms. The van der Waals surface area contributed by atoms with Gasteiger partial charge in [-0.15, -0.1) is 11.8 Å². The molecule has 1 aromatic carbocycles. The van der Waals surface area contributed by atoms with Gasteiger partial charge in [0.1, 0.15) is 0 Å². The van der Waals surface area contributed by atoms with Gasteiger partial charge < -0.3 is 5.32 Å². The summed E-state index contributed by atoms with van der Waals surface area (Å²) >= 11 is 5.42. The molecule has 0 bridgehead atoms. The number of halogens is 1. The maximum Gasteiger partial charge on any atom is 0.0759 e. The van der Waals surface area contributed by atoms with Crippen molar-refractivity contribution in [1.29, 1.82) is 0 Å². The third-order valence-corrected chi connectivity index (χ3v) is 4.76. The normalized spacial score (nSPS) is 12.9. The molecule has 0 amide bonds. The van der Waals surface area contributed by atoms with Gasteiger partial charge in [-0.2, -0.15) is 5.10 Å². The van der Waals surface area contributed by atoms with Gasteiger partial charge in [0.15, 0.2) is 0 Å². The Kier molecular flexibility index (Phi) is 5.90. The standard InChI is InChI=1S/C16H22BrN3S/c1-5-18-15(12-6-8-13(21-4)9-7-12)16-14(17)10-19-20(16)11(2)3/h6-11,15,18H,5H2,1-4H3. The molecular weight excluding hydrogens is 346 g/mol. The lowest BCUT2D eigenvalue weighted by molar-refractivity contribution is 0.475. The molecule has 0 saturated carbocycles. The van der Waals surface area contributed by atoms with Crippen LogP contribution in [0.25, 0.3) is 0 Å². The summed E-state index contributed by atoms with van der Waals surface area (Å²) in [5.74, 6) is 0. The molecule has 1 N–H and O–H groups in total. The minimum Gasteiger partial charge on any atom is -0.305 e. The van der Waals surface area contributed by atoms with E-state index in [-0.39, 0.29) is 6.04 Å². The number of nitrogens with zero attached hydrogens (tertiary/aromatic N) is 2. The predicted octanol–water partition coefficient (Wildman–Crippen LogP) is 4.65. The van der Waals surface area contributed by atoms with Gasteiger partial charge >= 0.3 is 0 Å². The fourth-order valence-corrected chi connectivity index (χ4v) is 3.32. The second-order valence-corrected chi connectivity index (χ2v) is 6.91. The number of nitrogens with one attached hydrogen (secondary N) is 1. The zero-order valence-electron chi connectivity index (χ0n) is 12.9. The molecule has 0 aliphatic carbocycles. The number of rotatable bonds is 6. The molecule has 0 saturated heterocycles. The summed E-state index contributed by atoms with van der Waals surface area (Å²) in [7, 11) is 0. The van der Waals surface area contributed by atoms with Crippen molar-refractivity contribution in [2.75, 3.05) is 12.8 Å². The van der Waals surface area contributed by atoms with Crippen LogP contribution in [0.4, 0.5) is 0 Å². The van der Waals surface area contributed by atoms with E-state index >= 15 is 0 Å². The van der Waals surface area contributed by atoms with Gasteiger partial charge in [-0.3, -0.25) is 4.68 Å². The van der Waals surface area contributed by atoms with Gasteiger partial charge in [0.25, 0.3) is 0 Å². The van der Waals surface area contributed by atoms with Crippen LogP contribution in [0, 0.1) is 0 Å². The summed E-state index contributed by atoms with van der Waals surface area (Å²) in [5.41, 5.74) is 2.45. The molecule has 1 aromatic heterocycles. The molecule has 0 radical (unpaired) electrons. The average Bonchev–Trinajstić information content (AvgIpc) is 2.87. The quantitative estimate of drug-likeness (QED) is 0.753. The van der Waals surface area contributed by atoms with Crippen LogP contribution in [0.5, 0.6) is 0 Å². The summed E-state index contributed by atoms with van der Waals surface area (Å²) in [6.45, 7) is 7.35. The lowest BCUT2D eigenvalue weighted by Crippen LogP contribution is -2.25. The first-order valence-corrected chi connectivity index (χ1v) is 9.20. The Balaban J connectivity index is 2.45. The van der Waals surface area contributed by atoms with E-state index in [0.717, 1.165) is 11.0 Å². The van der Waals surface area contributed by atoms with Crippen molar-refractivity contribution in [3.63, 3.8) is 0 Å². The Hall–Kier alpha value is -0.780. The van der Waals surface area contributed by atoms with Crippen LogP contribution in [0.3, 0.4) is 0 Å². The van der Waals surface area contributed by atoms with E-state index < -0.39 is 0 Å². The van der Waals surface area contributed by atoms with Crippen molar-refractivity contribution in [2.45, 2.75) is 37.8 Å². The second-order valence-electron chi connectivity index (χ2n) is 5.18. The molecule has 2 rings (SSSR count). The van der Waals surface area contributed by atoms with Gasteiger partial charge in [-0.25, -0.2) is 0 Å². The highest BCUT2D eigenvalue weighted by Gasteiger charge is 2.22. The molecule has 0 aliphatic heterocycles. The second kappa shape index (κ2) is 7.47. The number of benzene rings is 1. The summed E-state index contributed by atoms with van der Waals surface area (Å²) in [6.07, 6.45) is 3.98. The van der Waals surface area contributed by atoms with E-state index in [1.54, 1.807) is 11.8 Å². The van der Waals surface area contributed by atoms with Gasteiger partial charge in [0, 0.05) is 10.9 Å². The first-order chi connectivity index (χ1) is 10.1. The van der Waals surface area contributed by atoms with E-state index in [4.69, 9.17) is 0 Å². The minimum absolute atomic E-state index is 0.144. The third kappa shape index (κ3) is 3.71. The van der Waals surface area contributed by atoms with E-state index in [1.807, 2.05) is 6.20 Å². The Bertz CT molecular complexity index is 578. The molecule has 5 heteroatoms. The van der Waals surface area contributed by atoms with Crippen LogP contribution in [0.1, 0.15) is 44.1 Å². The predicted molar refractivity (Wildman–Crippen MR) is 94.1 cm³/mol. The van der Waals surface area contributed by atoms with Crippen molar-refractivity contribution in [3.8, 4) is 0 Å². The first kappa shape index (κ1) is 16.6. The monoisotopic (exact) mass is 367 g/mol. The topological polar surface area (TPSA) is 29.9 Å². The third-order valence-electron chi connectivity index (χ3n) is 3.41. The Morgan fingerprint density at radius 3 is 2.48 bits per heavy atom. The number of hydrogen-bond donors (Lipinski definition) is 1. The highest BCUT2D eigenvalue weighted by atomic mass is 79.9. The molecule has 2 aromatic rings. The van der Waals surface area contributed by atoms with Crippen LogP contribution in [-0.2, 0) is 0 Å². The van der Waals surface area contributed by atoms with Crippen molar-refractivity contribution in [2.24, 2.45) is 0 Å². The number of hydrogen-bond acceptors (Lipinski definition) is 3. The van der Waals surface area contributed by atoms with E-state index in [2.05, 4.69) is 82.3 Å². The summed E-state index contributed by atoms with van der Waals surface area (Å²) in [4.78, 5) is 1.28. The van der Waals surface area contributed by atoms with Crippen molar-refractivity contribution >= 4 is 27.7 Å². The largest absolute Gasteiger partial charge is 0.305 e. The van der Waals surface area contributed by atoms with Gasteiger partial charge in [0.05, 0.1) is 22.4 Å². The maximum absolute atomic E-state index is 4.50.